The van der Waals surface area contributed by atoms with Crippen molar-refractivity contribution in [3.05, 3.63) is 68.6 Å². The second kappa shape index (κ2) is 8.81. The number of rotatable bonds is 5. The summed E-state index contributed by atoms with van der Waals surface area (Å²) in [6.45, 7) is 2.08. The van der Waals surface area contributed by atoms with E-state index in [1.807, 2.05) is 0 Å². The van der Waals surface area contributed by atoms with Crippen LogP contribution < -0.4 is 5.32 Å². The number of hydrogen-bond acceptors (Lipinski definition) is 6. The van der Waals surface area contributed by atoms with Crippen LogP contribution in [0.3, 0.4) is 0 Å². The maximum Gasteiger partial charge on any atom is 0.286 e. The van der Waals surface area contributed by atoms with Crippen LogP contribution >= 0.6 is 22.9 Å². The zero-order valence-electron chi connectivity index (χ0n) is 16.7. The van der Waals surface area contributed by atoms with Gasteiger partial charge in [0.1, 0.15) is 5.01 Å². The third kappa shape index (κ3) is 4.38. The van der Waals surface area contributed by atoms with Gasteiger partial charge < -0.3 is 5.32 Å². The van der Waals surface area contributed by atoms with E-state index in [-0.39, 0.29) is 15.6 Å². The summed E-state index contributed by atoms with van der Waals surface area (Å²) in [5.41, 5.74) is 0.830. The molecule has 12 heteroatoms. The molecule has 0 saturated carbocycles. The molecule has 0 aliphatic carbocycles. The third-order valence-corrected chi connectivity index (χ3v) is 8.39. The molecule has 0 radical (unpaired) electrons. The smallest absolute Gasteiger partial charge is 0.286 e. The van der Waals surface area contributed by atoms with Crippen molar-refractivity contribution in [2.45, 2.75) is 30.7 Å². The molecule has 32 heavy (non-hydrogen) atoms. The lowest BCUT2D eigenvalue weighted by atomic mass is 10.2. The number of halogens is 3. The van der Waals surface area contributed by atoms with Gasteiger partial charge in [0.25, 0.3) is 5.91 Å². The fourth-order valence-electron chi connectivity index (χ4n) is 3.36. The van der Waals surface area contributed by atoms with Gasteiger partial charge in [0.15, 0.2) is 11.6 Å². The van der Waals surface area contributed by atoms with Gasteiger partial charge in [-0.15, -0.1) is 10.2 Å². The number of aromatic nitrogens is 2. The predicted octanol–water partition coefficient (Wildman–Crippen LogP) is 4.56. The molecular weight excluding hydrogens is 482 g/mol. The van der Waals surface area contributed by atoms with Crippen LogP contribution in [0.2, 0.25) is 5.02 Å². The number of nitrogens with zero attached hydrogens (tertiary/aromatic N) is 3. The summed E-state index contributed by atoms with van der Waals surface area (Å²) >= 11 is 7.06. The van der Waals surface area contributed by atoms with E-state index < -0.39 is 33.6 Å². The summed E-state index contributed by atoms with van der Waals surface area (Å²) in [7, 11) is -3.83. The molecular formula is C20H17ClF2N4O3S2. The molecule has 0 unspecified atom stereocenters. The van der Waals surface area contributed by atoms with Gasteiger partial charge in [0, 0.05) is 23.3 Å². The molecule has 1 amide bonds. The highest BCUT2D eigenvalue weighted by Gasteiger charge is 2.38. The molecule has 1 N–H and O–H groups in total. The van der Waals surface area contributed by atoms with Crippen LogP contribution in [-0.4, -0.2) is 35.4 Å². The molecule has 1 fully saturated rings. The van der Waals surface area contributed by atoms with Crippen LogP contribution in [0.1, 0.15) is 39.3 Å². The average Bonchev–Trinajstić information content (AvgIpc) is 3.42. The number of nitrogens with one attached hydrogen (secondary N) is 1. The molecule has 0 spiro atoms. The maximum atomic E-state index is 13.4. The summed E-state index contributed by atoms with van der Waals surface area (Å²) in [5.74, 6) is -2.78. The van der Waals surface area contributed by atoms with Crippen LogP contribution in [0.5, 0.6) is 0 Å². The number of hydrogen-bond donors (Lipinski definition) is 1. The van der Waals surface area contributed by atoms with Gasteiger partial charge in [-0.2, -0.15) is 4.31 Å². The first kappa shape index (κ1) is 22.7. The number of amides is 1. The molecule has 1 aliphatic heterocycles. The van der Waals surface area contributed by atoms with Crippen molar-refractivity contribution >= 4 is 44.6 Å². The van der Waals surface area contributed by atoms with Gasteiger partial charge in [-0.3, -0.25) is 4.79 Å². The topological polar surface area (TPSA) is 92.3 Å². The SMILES string of the molecule is Cc1ccc(S(=O)(=O)N2CCC[C@@H]2c2nnc(C(=O)Nc3ccc(F)c(F)c3)s2)cc1Cl. The van der Waals surface area contributed by atoms with E-state index in [2.05, 4.69) is 15.5 Å². The highest BCUT2D eigenvalue weighted by atomic mass is 35.5. The molecule has 0 bridgehead atoms. The van der Waals surface area contributed by atoms with Gasteiger partial charge in [-0.05, 0) is 49.6 Å². The molecule has 2 aromatic carbocycles. The highest BCUT2D eigenvalue weighted by Crippen LogP contribution is 2.38. The minimum absolute atomic E-state index is 0.0210. The Balaban J connectivity index is 1.55. The fourth-order valence-corrected chi connectivity index (χ4v) is 6.25. The van der Waals surface area contributed by atoms with Crippen LogP contribution in [0.15, 0.2) is 41.3 Å². The molecule has 1 saturated heterocycles. The minimum atomic E-state index is -3.83. The van der Waals surface area contributed by atoms with Crippen LogP contribution in [0, 0.1) is 18.6 Å². The van der Waals surface area contributed by atoms with Crippen LogP contribution in [0.4, 0.5) is 14.5 Å². The zero-order valence-corrected chi connectivity index (χ0v) is 19.1. The van der Waals surface area contributed by atoms with Crippen LogP contribution in [-0.2, 0) is 10.0 Å². The first-order valence-corrected chi connectivity index (χ1v) is 12.2. The Morgan fingerprint density at radius 1 is 1.19 bits per heavy atom. The van der Waals surface area contributed by atoms with Gasteiger partial charge >= 0.3 is 0 Å². The van der Waals surface area contributed by atoms with E-state index in [9.17, 15) is 22.0 Å². The molecule has 1 aliphatic rings. The Hall–Kier alpha value is -2.47. The molecule has 7 nitrogen and oxygen atoms in total. The number of anilines is 1. The Kier molecular flexibility index (Phi) is 6.26. The van der Waals surface area contributed by atoms with Crippen molar-refractivity contribution in [2.75, 3.05) is 11.9 Å². The molecule has 168 valence electrons. The van der Waals surface area contributed by atoms with Gasteiger partial charge in [0.05, 0.1) is 10.9 Å². The van der Waals surface area contributed by atoms with E-state index >= 15 is 0 Å². The highest BCUT2D eigenvalue weighted by molar-refractivity contribution is 7.89. The summed E-state index contributed by atoms with van der Waals surface area (Å²) in [5, 5.41) is 11.0. The van der Waals surface area contributed by atoms with E-state index in [4.69, 9.17) is 11.6 Å². The van der Waals surface area contributed by atoms with Crippen molar-refractivity contribution in [3.8, 4) is 0 Å². The number of aryl methyl sites for hydroxylation is 1. The lowest BCUT2D eigenvalue weighted by Gasteiger charge is -2.22. The molecule has 3 aromatic rings. The summed E-state index contributed by atoms with van der Waals surface area (Å²) in [6, 6.07) is 6.97. The maximum absolute atomic E-state index is 13.4. The molecule has 1 aromatic heterocycles. The first-order valence-electron chi connectivity index (χ1n) is 9.54. The van der Waals surface area contributed by atoms with Crippen molar-refractivity contribution in [3.63, 3.8) is 0 Å². The molecule has 1 atom stereocenters. The predicted molar refractivity (Wildman–Crippen MR) is 116 cm³/mol. The van der Waals surface area contributed by atoms with E-state index in [1.165, 1.54) is 22.5 Å². The lowest BCUT2D eigenvalue weighted by molar-refractivity contribution is 0.102. The quantitative estimate of drug-likeness (QED) is 0.557. The molecule has 2 heterocycles. The third-order valence-electron chi connectivity index (χ3n) is 5.05. The zero-order chi connectivity index (χ0) is 23.0. The van der Waals surface area contributed by atoms with Crippen molar-refractivity contribution in [1.82, 2.24) is 14.5 Å². The lowest BCUT2D eigenvalue weighted by Crippen LogP contribution is -2.30. The Morgan fingerprint density at radius 3 is 2.69 bits per heavy atom. The van der Waals surface area contributed by atoms with E-state index in [0.717, 1.165) is 29.0 Å². The minimum Gasteiger partial charge on any atom is -0.320 e. The summed E-state index contributed by atoms with van der Waals surface area (Å²) in [6.07, 6.45) is 1.15. The van der Waals surface area contributed by atoms with Gasteiger partial charge in [-0.25, -0.2) is 17.2 Å². The Morgan fingerprint density at radius 2 is 1.97 bits per heavy atom. The number of carbonyl (C=O) groups excluding carboxylic acids is 1. The monoisotopic (exact) mass is 498 g/mol. The fraction of sp³-hybridized carbons (Fsp3) is 0.250. The number of sulfonamides is 1. The number of carbonyl (C=O) groups is 1. The Labute approximate surface area is 192 Å². The first-order chi connectivity index (χ1) is 15.2. The standard InChI is InChI=1S/C20H17ClF2N4O3S2/c1-11-4-6-13(10-14(11)21)32(29,30)27-8-2-3-17(27)19-25-26-20(31-19)18(28)24-12-5-7-15(22)16(23)9-12/h4-7,9-10,17H,2-3,8H2,1H3,(H,24,28)/t17-/m1/s1. The summed E-state index contributed by atoms with van der Waals surface area (Å²) < 4.78 is 54.2. The van der Waals surface area contributed by atoms with Crippen LogP contribution in [0.25, 0.3) is 0 Å². The van der Waals surface area contributed by atoms with Gasteiger partial charge in [0.2, 0.25) is 15.0 Å². The molecule has 4 rings (SSSR count). The van der Waals surface area contributed by atoms with E-state index in [1.54, 1.807) is 13.0 Å². The largest absolute Gasteiger partial charge is 0.320 e. The van der Waals surface area contributed by atoms with Crippen molar-refractivity contribution in [2.24, 2.45) is 0 Å². The Bertz CT molecular complexity index is 1300. The second-order valence-corrected chi connectivity index (χ2v) is 10.5. The normalized spacial score (nSPS) is 16.9. The van der Waals surface area contributed by atoms with Crippen molar-refractivity contribution < 1.29 is 22.0 Å². The average molecular weight is 499 g/mol. The number of benzene rings is 2. The van der Waals surface area contributed by atoms with Gasteiger partial charge in [-0.1, -0.05) is 29.0 Å². The van der Waals surface area contributed by atoms with E-state index in [0.29, 0.717) is 29.4 Å². The summed E-state index contributed by atoms with van der Waals surface area (Å²) in [4.78, 5) is 12.5. The second-order valence-electron chi connectivity index (χ2n) is 7.21. The van der Waals surface area contributed by atoms with Crippen molar-refractivity contribution in [1.29, 1.82) is 0 Å².